The van der Waals surface area contributed by atoms with Crippen molar-refractivity contribution in [2.75, 3.05) is 5.75 Å². The SMILES string of the molecule is Cc1cccc(SCC(NN)c2ccsc2C)c1. The van der Waals surface area contributed by atoms with Gasteiger partial charge in [-0.2, -0.15) is 0 Å². The quantitative estimate of drug-likeness (QED) is 0.498. The second-order valence-electron chi connectivity index (χ2n) is 4.28. The summed E-state index contributed by atoms with van der Waals surface area (Å²) >= 11 is 3.60. The molecule has 1 heterocycles. The van der Waals surface area contributed by atoms with Gasteiger partial charge in [-0.25, -0.2) is 0 Å². The average molecular weight is 278 g/mol. The van der Waals surface area contributed by atoms with E-state index in [-0.39, 0.29) is 6.04 Å². The molecule has 0 saturated carbocycles. The number of nitrogens with two attached hydrogens (primary N) is 1. The zero-order chi connectivity index (χ0) is 13.0. The molecule has 0 saturated heterocycles. The van der Waals surface area contributed by atoms with Crippen LogP contribution in [0.25, 0.3) is 0 Å². The molecule has 1 aromatic heterocycles. The lowest BCUT2D eigenvalue weighted by atomic mass is 10.1. The van der Waals surface area contributed by atoms with Crippen molar-refractivity contribution < 1.29 is 0 Å². The molecule has 1 unspecified atom stereocenters. The molecule has 0 radical (unpaired) electrons. The molecule has 0 bridgehead atoms. The van der Waals surface area contributed by atoms with E-state index in [0.717, 1.165) is 5.75 Å². The van der Waals surface area contributed by atoms with Crippen LogP contribution >= 0.6 is 23.1 Å². The molecule has 3 N–H and O–H groups in total. The Kier molecular flexibility index (Phi) is 4.83. The lowest BCUT2D eigenvalue weighted by Crippen LogP contribution is -2.29. The fourth-order valence-corrected chi connectivity index (χ4v) is 3.71. The molecule has 96 valence electrons. The lowest BCUT2D eigenvalue weighted by Gasteiger charge is -2.15. The first-order chi connectivity index (χ1) is 8.70. The molecule has 2 aromatic rings. The van der Waals surface area contributed by atoms with Crippen LogP contribution in [-0.2, 0) is 0 Å². The monoisotopic (exact) mass is 278 g/mol. The molecule has 1 aromatic carbocycles. The highest BCUT2D eigenvalue weighted by Gasteiger charge is 2.13. The van der Waals surface area contributed by atoms with Crippen LogP contribution in [0, 0.1) is 13.8 Å². The minimum atomic E-state index is 0.210. The number of hydrogen-bond donors (Lipinski definition) is 2. The Morgan fingerprint density at radius 1 is 1.33 bits per heavy atom. The van der Waals surface area contributed by atoms with Crippen LogP contribution in [0.5, 0.6) is 0 Å². The van der Waals surface area contributed by atoms with Crippen molar-refractivity contribution in [1.82, 2.24) is 5.43 Å². The van der Waals surface area contributed by atoms with Crippen molar-refractivity contribution in [2.24, 2.45) is 5.84 Å². The highest BCUT2D eigenvalue weighted by atomic mass is 32.2. The minimum absolute atomic E-state index is 0.210. The second-order valence-corrected chi connectivity index (χ2v) is 6.49. The minimum Gasteiger partial charge on any atom is -0.271 e. The van der Waals surface area contributed by atoms with E-state index in [1.165, 1.54) is 20.9 Å². The third-order valence-corrected chi connectivity index (χ3v) is 4.83. The van der Waals surface area contributed by atoms with Crippen LogP contribution in [0.2, 0.25) is 0 Å². The average Bonchev–Trinajstić information content (AvgIpc) is 2.77. The van der Waals surface area contributed by atoms with Crippen LogP contribution in [0.15, 0.2) is 40.6 Å². The summed E-state index contributed by atoms with van der Waals surface area (Å²) in [6.07, 6.45) is 0. The number of thiophene rings is 1. The van der Waals surface area contributed by atoms with Gasteiger partial charge in [0.1, 0.15) is 0 Å². The predicted octanol–water partition coefficient (Wildman–Crippen LogP) is 3.66. The third kappa shape index (κ3) is 3.36. The summed E-state index contributed by atoms with van der Waals surface area (Å²) in [4.78, 5) is 2.63. The van der Waals surface area contributed by atoms with Gasteiger partial charge in [0.25, 0.3) is 0 Å². The van der Waals surface area contributed by atoms with Crippen LogP contribution in [-0.4, -0.2) is 5.75 Å². The fraction of sp³-hybridized carbons (Fsp3) is 0.286. The molecule has 1 atom stereocenters. The van der Waals surface area contributed by atoms with Gasteiger partial charge in [0.05, 0.1) is 6.04 Å². The van der Waals surface area contributed by atoms with E-state index in [9.17, 15) is 0 Å². The number of aryl methyl sites for hydroxylation is 2. The van der Waals surface area contributed by atoms with E-state index in [4.69, 9.17) is 5.84 Å². The summed E-state index contributed by atoms with van der Waals surface area (Å²) in [5.74, 6) is 6.61. The van der Waals surface area contributed by atoms with Crippen molar-refractivity contribution >= 4 is 23.1 Å². The molecule has 18 heavy (non-hydrogen) atoms. The number of hydrogen-bond acceptors (Lipinski definition) is 4. The van der Waals surface area contributed by atoms with E-state index in [2.05, 4.69) is 55.0 Å². The number of hydrazine groups is 1. The maximum absolute atomic E-state index is 5.67. The molecular formula is C14H18N2S2. The highest BCUT2D eigenvalue weighted by Crippen LogP contribution is 2.28. The Morgan fingerprint density at radius 3 is 2.78 bits per heavy atom. The summed E-state index contributed by atoms with van der Waals surface area (Å²) in [5, 5.41) is 2.12. The molecular weight excluding hydrogens is 260 g/mol. The van der Waals surface area contributed by atoms with Gasteiger partial charge >= 0.3 is 0 Å². The van der Waals surface area contributed by atoms with Crippen molar-refractivity contribution in [1.29, 1.82) is 0 Å². The third-order valence-electron chi connectivity index (χ3n) is 2.88. The van der Waals surface area contributed by atoms with Gasteiger partial charge in [0.2, 0.25) is 0 Å². The molecule has 0 aliphatic carbocycles. The normalized spacial score (nSPS) is 12.6. The van der Waals surface area contributed by atoms with Crippen molar-refractivity contribution in [3.8, 4) is 0 Å². The maximum atomic E-state index is 5.67. The van der Waals surface area contributed by atoms with Crippen LogP contribution in [0.3, 0.4) is 0 Å². The van der Waals surface area contributed by atoms with E-state index in [1.54, 1.807) is 11.3 Å². The van der Waals surface area contributed by atoms with Gasteiger partial charge in [-0.05, 0) is 43.0 Å². The van der Waals surface area contributed by atoms with E-state index < -0.39 is 0 Å². The Balaban J connectivity index is 2.02. The number of nitrogens with one attached hydrogen (secondary N) is 1. The lowest BCUT2D eigenvalue weighted by molar-refractivity contribution is 0.610. The Labute approximate surface area is 117 Å². The van der Waals surface area contributed by atoms with Gasteiger partial charge in [-0.3, -0.25) is 11.3 Å². The van der Waals surface area contributed by atoms with Gasteiger partial charge in [-0.15, -0.1) is 23.1 Å². The Hall–Kier alpha value is -0.810. The van der Waals surface area contributed by atoms with Gasteiger partial charge in [0.15, 0.2) is 0 Å². The van der Waals surface area contributed by atoms with Crippen molar-refractivity contribution in [3.63, 3.8) is 0 Å². The van der Waals surface area contributed by atoms with Crippen LogP contribution < -0.4 is 11.3 Å². The summed E-state index contributed by atoms with van der Waals surface area (Å²) in [6, 6.07) is 10.9. The predicted molar refractivity (Wildman–Crippen MR) is 81.0 cm³/mol. The summed E-state index contributed by atoms with van der Waals surface area (Å²) < 4.78 is 0. The van der Waals surface area contributed by atoms with Crippen LogP contribution in [0.1, 0.15) is 22.0 Å². The zero-order valence-electron chi connectivity index (χ0n) is 10.6. The Morgan fingerprint density at radius 2 is 2.17 bits per heavy atom. The van der Waals surface area contributed by atoms with Gasteiger partial charge in [-0.1, -0.05) is 17.7 Å². The molecule has 0 aliphatic heterocycles. The number of benzene rings is 1. The molecule has 2 nitrogen and oxygen atoms in total. The van der Waals surface area contributed by atoms with Crippen molar-refractivity contribution in [3.05, 3.63) is 51.7 Å². The number of rotatable bonds is 5. The summed E-state index contributed by atoms with van der Waals surface area (Å²) in [5.41, 5.74) is 5.52. The molecule has 4 heteroatoms. The Bertz CT molecular complexity index is 508. The standard InChI is InChI=1S/C14H18N2S2/c1-10-4-3-5-12(8-10)18-9-14(16-15)13-6-7-17-11(13)2/h3-8,14,16H,9,15H2,1-2H3. The number of thioether (sulfide) groups is 1. The fourth-order valence-electron chi connectivity index (χ4n) is 1.87. The first-order valence-electron chi connectivity index (χ1n) is 5.90. The first kappa shape index (κ1) is 13.6. The van der Waals surface area contributed by atoms with E-state index in [1.807, 2.05) is 11.8 Å². The topological polar surface area (TPSA) is 38.0 Å². The van der Waals surface area contributed by atoms with E-state index >= 15 is 0 Å². The largest absolute Gasteiger partial charge is 0.271 e. The highest BCUT2D eigenvalue weighted by molar-refractivity contribution is 7.99. The summed E-state index contributed by atoms with van der Waals surface area (Å²) in [6.45, 7) is 4.26. The van der Waals surface area contributed by atoms with Crippen LogP contribution in [0.4, 0.5) is 0 Å². The second kappa shape index (κ2) is 6.38. The van der Waals surface area contributed by atoms with Gasteiger partial charge in [0, 0.05) is 15.5 Å². The van der Waals surface area contributed by atoms with E-state index in [0.29, 0.717) is 0 Å². The molecule has 0 aliphatic rings. The maximum Gasteiger partial charge on any atom is 0.0564 e. The zero-order valence-corrected chi connectivity index (χ0v) is 12.3. The first-order valence-corrected chi connectivity index (χ1v) is 7.77. The smallest absolute Gasteiger partial charge is 0.0564 e. The van der Waals surface area contributed by atoms with Gasteiger partial charge < -0.3 is 0 Å². The molecule has 0 amide bonds. The van der Waals surface area contributed by atoms with Crippen molar-refractivity contribution in [2.45, 2.75) is 24.8 Å². The molecule has 2 rings (SSSR count). The molecule has 0 spiro atoms. The molecule has 0 fully saturated rings. The summed E-state index contributed by atoms with van der Waals surface area (Å²) in [7, 11) is 0.